The van der Waals surface area contributed by atoms with Crippen molar-refractivity contribution in [3.63, 3.8) is 0 Å². The van der Waals surface area contributed by atoms with Crippen LogP contribution in [0.3, 0.4) is 0 Å². The maximum absolute atomic E-state index is 12.9. The van der Waals surface area contributed by atoms with Gasteiger partial charge in [0.2, 0.25) is 0 Å². The van der Waals surface area contributed by atoms with Crippen LogP contribution in [0.1, 0.15) is 23.5 Å². The zero-order valence-electron chi connectivity index (χ0n) is 10.2. The van der Waals surface area contributed by atoms with Crippen molar-refractivity contribution in [1.29, 1.82) is 0 Å². The Bertz CT molecular complexity index is 578. The molecule has 1 aliphatic rings. The third-order valence-electron chi connectivity index (χ3n) is 3.15. The Kier molecular flexibility index (Phi) is 2.70. The highest BCUT2D eigenvalue weighted by Gasteiger charge is 2.18. The van der Waals surface area contributed by atoms with Gasteiger partial charge in [0.25, 0.3) is 0 Å². The number of fused-ring (bicyclic) bond motifs is 1. The van der Waals surface area contributed by atoms with Crippen LogP contribution in [0.15, 0.2) is 24.3 Å². The fourth-order valence-electron chi connectivity index (χ4n) is 2.33. The van der Waals surface area contributed by atoms with Crippen LogP contribution in [0.25, 0.3) is 0 Å². The summed E-state index contributed by atoms with van der Waals surface area (Å²) in [4.78, 5) is 8.91. The second kappa shape index (κ2) is 4.37. The standard InChI is InChI=1S/C14H14FN3/c1-9-16-13-4-2-3-12(13)14(17-9)18-11-7-5-10(15)6-8-11/h5-8H,2-4H2,1H3,(H,16,17,18). The molecule has 0 bridgehead atoms. The number of hydrogen-bond donors (Lipinski definition) is 1. The lowest BCUT2D eigenvalue weighted by molar-refractivity contribution is 0.628. The summed E-state index contributed by atoms with van der Waals surface area (Å²) in [5.41, 5.74) is 3.20. The van der Waals surface area contributed by atoms with E-state index < -0.39 is 0 Å². The molecule has 1 N–H and O–H groups in total. The van der Waals surface area contributed by atoms with Crippen LogP contribution in [0.2, 0.25) is 0 Å². The summed E-state index contributed by atoms with van der Waals surface area (Å²) < 4.78 is 12.9. The Morgan fingerprint density at radius 1 is 1.11 bits per heavy atom. The summed E-state index contributed by atoms with van der Waals surface area (Å²) in [6.45, 7) is 1.90. The second-order valence-corrected chi connectivity index (χ2v) is 4.53. The Balaban J connectivity index is 1.95. The van der Waals surface area contributed by atoms with Gasteiger partial charge in [-0.15, -0.1) is 0 Å². The Labute approximate surface area is 105 Å². The molecule has 92 valence electrons. The smallest absolute Gasteiger partial charge is 0.137 e. The van der Waals surface area contributed by atoms with E-state index in [0.717, 1.165) is 42.3 Å². The lowest BCUT2D eigenvalue weighted by Crippen LogP contribution is -2.03. The third-order valence-corrected chi connectivity index (χ3v) is 3.15. The van der Waals surface area contributed by atoms with Crippen molar-refractivity contribution in [2.75, 3.05) is 5.32 Å². The maximum Gasteiger partial charge on any atom is 0.137 e. The number of nitrogens with one attached hydrogen (secondary N) is 1. The van der Waals surface area contributed by atoms with Crippen molar-refractivity contribution in [2.45, 2.75) is 26.2 Å². The molecule has 0 unspecified atom stereocenters. The van der Waals surface area contributed by atoms with E-state index in [1.54, 1.807) is 12.1 Å². The first-order chi connectivity index (χ1) is 8.72. The zero-order chi connectivity index (χ0) is 12.5. The van der Waals surface area contributed by atoms with Gasteiger partial charge in [-0.25, -0.2) is 14.4 Å². The molecule has 0 aliphatic heterocycles. The minimum Gasteiger partial charge on any atom is -0.340 e. The van der Waals surface area contributed by atoms with Gasteiger partial charge >= 0.3 is 0 Å². The minimum atomic E-state index is -0.232. The monoisotopic (exact) mass is 243 g/mol. The molecule has 2 aromatic rings. The molecule has 0 amide bonds. The molecule has 1 aromatic heterocycles. The predicted molar refractivity (Wildman–Crippen MR) is 68.5 cm³/mol. The summed E-state index contributed by atoms with van der Waals surface area (Å²) in [5, 5.41) is 3.25. The third kappa shape index (κ3) is 2.06. The molecular weight excluding hydrogens is 229 g/mol. The molecule has 1 aliphatic carbocycles. The van der Waals surface area contributed by atoms with Gasteiger partial charge in [0, 0.05) is 16.9 Å². The predicted octanol–water partition coefficient (Wildman–Crippen LogP) is 3.16. The van der Waals surface area contributed by atoms with E-state index in [9.17, 15) is 4.39 Å². The molecule has 3 rings (SSSR count). The quantitative estimate of drug-likeness (QED) is 0.880. The fourth-order valence-corrected chi connectivity index (χ4v) is 2.33. The number of nitrogens with zero attached hydrogens (tertiary/aromatic N) is 2. The number of hydrogen-bond acceptors (Lipinski definition) is 3. The van der Waals surface area contributed by atoms with Crippen LogP contribution in [-0.2, 0) is 12.8 Å². The van der Waals surface area contributed by atoms with Crippen LogP contribution < -0.4 is 5.32 Å². The van der Waals surface area contributed by atoms with Crippen molar-refractivity contribution in [3.8, 4) is 0 Å². The van der Waals surface area contributed by atoms with Crippen LogP contribution in [0, 0.1) is 12.7 Å². The van der Waals surface area contributed by atoms with Gasteiger partial charge in [0.1, 0.15) is 17.5 Å². The Hall–Kier alpha value is -1.97. The molecule has 4 heteroatoms. The number of benzene rings is 1. The maximum atomic E-state index is 12.9. The number of aryl methyl sites for hydroxylation is 2. The Morgan fingerprint density at radius 3 is 2.67 bits per heavy atom. The highest BCUT2D eigenvalue weighted by Crippen LogP contribution is 2.28. The normalized spacial score (nSPS) is 13.4. The first kappa shape index (κ1) is 11.1. The molecule has 1 heterocycles. The molecule has 0 spiro atoms. The molecule has 0 saturated heterocycles. The van der Waals surface area contributed by atoms with Gasteiger partial charge in [-0.1, -0.05) is 0 Å². The number of halogens is 1. The van der Waals surface area contributed by atoms with Crippen LogP contribution in [0.4, 0.5) is 15.9 Å². The van der Waals surface area contributed by atoms with E-state index in [1.165, 1.54) is 17.7 Å². The van der Waals surface area contributed by atoms with Crippen molar-refractivity contribution in [3.05, 3.63) is 47.2 Å². The van der Waals surface area contributed by atoms with E-state index in [-0.39, 0.29) is 5.82 Å². The van der Waals surface area contributed by atoms with E-state index in [4.69, 9.17) is 0 Å². The summed E-state index contributed by atoms with van der Waals surface area (Å²) in [7, 11) is 0. The molecule has 0 saturated carbocycles. The summed E-state index contributed by atoms with van der Waals surface area (Å²) in [5.74, 6) is 1.41. The summed E-state index contributed by atoms with van der Waals surface area (Å²) >= 11 is 0. The van der Waals surface area contributed by atoms with Crippen molar-refractivity contribution >= 4 is 11.5 Å². The molecular formula is C14H14FN3. The lowest BCUT2D eigenvalue weighted by atomic mass is 10.2. The van der Waals surface area contributed by atoms with Crippen LogP contribution in [-0.4, -0.2) is 9.97 Å². The number of aromatic nitrogens is 2. The summed E-state index contributed by atoms with van der Waals surface area (Å²) in [6.07, 6.45) is 3.17. The first-order valence-corrected chi connectivity index (χ1v) is 6.11. The average molecular weight is 243 g/mol. The van der Waals surface area contributed by atoms with Gasteiger partial charge in [-0.05, 0) is 50.5 Å². The van der Waals surface area contributed by atoms with Gasteiger partial charge in [0.05, 0.1) is 0 Å². The van der Waals surface area contributed by atoms with E-state index in [0.29, 0.717) is 0 Å². The molecule has 3 nitrogen and oxygen atoms in total. The lowest BCUT2D eigenvalue weighted by Gasteiger charge is -2.10. The van der Waals surface area contributed by atoms with E-state index in [1.807, 2.05) is 6.92 Å². The summed E-state index contributed by atoms with van der Waals surface area (Å²) in [6, 6.07) is 6.31. The number of rotatable bonds is 2. The molecule has 1 aromatic carbocycles. The molecule has 18 heavy (non-hydrogen) atoms. The first-order valence-electron chi connectivity index (χ1n) is 6.11. The fraction of sp³-hybridized carbons (Fsp3) is 0.286. The van der Waals surface area contributed by atoms with Crippen LogP contribution in [0.5, 0.6) is 0 Å². The van der Waals surface area contributed by atoms with E-state index >= 15 is 0 Å². The Morgan fingerprint density at radius 2 is 1.89 bits per heavy atom. The highest BCUT2D eigenvalue weighted by atomic mass is 19.1. The van der Waals surface area contributed by atoms with Crippen molar-refractivity contribution < 1.29 is 4.39 Å². The number of anilines is 2. The second-order valence-electron chi connectivity index (χ2n) is 4.53. The van der Waals surface area contributed by atoms with Crippen molar-refractivity contribution in [2.24, 2.45) is 0 Å². The minimum absolute atomic E-state index is 0.232. The van der Waals surface area contributed by atoms with E-state index in [2.05, 4.69) is 15.3 Å². The average Bonchev–Trinajstić information content (AvgIpc) is 2.80. The zero-order valence-corrected chi connectivity index (χ0v) is 10.2. The highest BCUT2D eigenvalue weighted by molar-refractivity contribution is 5.60. The van der Waals surface area contributed by atoms with Crippen molar-refractivity contribution in [1.82, 2.24) is 9.97 Å². The van der Waals surface area contributed by atoms with Crippen LogP contribution >= 0.6 is 0 Å². The van der Waals surface area contributed by atoms with Gasteiger partial charge in [-0.3, -0.25) is 0 Å². The SMILES string of the molecule is Cc1nc2c(c(Nc3ccc(F)cc3)n1)CCC2. The van der Waals surface area contributed by atoms with Gasteiger partial charge in [0.15, 0.2) is 0 Å². The van der Waals surface area contributed by atoms with Gasteiger partial charge in [-0.2, -0.15) is 0 Å². The topological polar surface area (TPSA) is 37.8 Å². The molecule has 0 atom stereocenters. The molecule has 0 radical (unpaired) electrons. The van der Waals surface area contributed by atoms with Gasteiger partial charge < -0.3 is 5.32 Å². The largest absolute Gasteiger partial charge is 0.340 e. The molecule has 0 fully saturated rings.